The standard InChI is InChI=1S/C12H17N3O2/c1-2-17-12(16)9-15(10-4-5-10)8-11-13-6-3-7-14-11/h3,6-7,10H,2,4-5,8-9H2,1H3. The lowest BCUT2D eigenvalue weighted by Crippen LogP contribution is -2.33. The Hall–Kier alpha value is -1.49. The van der Waals surface area contributed by atoms with E-state index in [0.29, 0.717) is 25.7 Å². The van der Waals surface area contributed by atoms with Gasteiger partial charge in [-0.1, -0.05) is 0 Å². The lowest BCUT2D eigenvalue weighted by atomic mass is 10.4. The van der Waals surface area contributed by atoms with Crippen molar-refractivity contribution < 1.29 is 9.53 Å². The van der Waals surface area contributed by atoms with Crippen molar-refractivity contribution in [3.8, 4) is 0 Å². The molecule has 0 aliphatic heterocycles. The van der Waals surface area contributed by atoms with E-state index in [-0.39, 0.29) is 5.97 Å². The Kier molecular flexibility index (Phi) is 4.03. The van der Waals surface area contributed by atoms with E-state index in [1.165, 1.54) is 0 Å². The van der Waals surface area contributed by atoms with Crippen LogP contribution in [0.2, 0.25) is 0 Å². The first-order valence-electron chi connectivity index (χ1n) is 5.95. The predicted octanol–water partition coefficient (Wildman–Crippen LogP) is 1.00. The van der Waals surface area contributed by atoms with Crippen molar-refractivity contribution in [2.24, 2.45) is 0 Å². The zero-order chi connectivity index (χ0) is 12.1. The summed E-state index contributed by atoms with van der Waals surface area (Å²) in [6.45, 7) is 3.19. The van der Waals surface area contributed by atoms with E-state index < -0.39 is 0 Å². The number of ether oxygens (including phenoxy) is 1. The van der Waals surface area contributed by atoms with Gasteiger partial charge in [-0.3, -0.25) is 9.69 Å². The molecule has 1 aliphatic rings. The Morgan fingerprint density at radius 2 is 2.18 bits per heavy atom. The first-order valence-corrected chi connectivity index (χ1v) is 5.95. The molecule has 0 N–H and O–H groups in total. The van der Waals surface area contributed by atoms with Crippen LogP contribution in [0.4, 0.5) is 0 Å². The van der Waals surface area contributed by atoms with Gasteiger partial charge in [0.1, 0.15) is 5.82 Å². The van der Waals surface area contributed by atoms with Crippen LogP contribution in [0.15, 0.2) is 18.5 Å². The van der Waals surface area contributed by atoms with Crippen LogP contribution in [-0.4, -0.2) is 40.0 Å². The average molecular weight is 235 g/mol. The van der Waals surface area contributed by atoms with Crippen LogP contribution in [-0.2, 0) is 16.1 Å². The number of hydrogen-bond acceptors (Lipinski definition) is 5. The van der Waals surface area contributed by atoms with Gasteiger partial charge in [-0.05, 0) is 25.8 Å². The highest BCUT2D eigenvalue weighted by Gasteiger charge is 2.31. The highest BCUT2D eigenvalue weighted by molar-refractivity contribution is 5.71. The minimum Gasteiger partial charge on any atom is -0.465 e. The fourth-order valence-corrected chi connectivity index (χ4v) is 1.72. The number of esters is 1. The molecule has 1 saturated carbocycles. The molecule has 0 spiro atoms. The fraction of sp³-hybridized carbons (Fsp3) is 0.583. The van der Waals surface area contributed by atoms with Crippen molar-refractivity contribution in [3.05, 3.63) is 24.3 Å². The van der Waals surface area contributed by atoms with Gasteiger partial charge in [0.2, 0.25) is 0 Å². The molecule has 0 bridgehead atoms. The summed E-state index contributed by atoms with van der Waals surface area (Å²) in [4.78, 5) is 21.9. The summed E-state index contributed by atoms with van der Waals surface area (Å²) in [7, 11) is 0. The number of hydrogen-bond donors (Lipinski definition) is 0. The molecular weight excluding hydrogens is 218 g/mol. The molecule has 2 rings (SSSR count). The van der Waals surface area contributed by atoms with E-state index in [4.69, 9.17) is 4.74 Å². The molecule has 5 heteroatoms. The molecule has 0 radical (unpaired) electrons. The fourth-order valence-electron chi connectivity index (χ4n) is 1.72. The summed E-state index contributed by atoms with van der Waals surface area (Å²) >= 11 is 0. The van der Waals surface area contributed by atoms with Crippen molar-refractivity contribution in [1.29, 1.82) is 0 Å². The molecule has 1 heterocycles. The van der Waals surface area contributed by atoms with Crippen LogP contribution in [0.1, 0.15) is 25.6 Å². The summed E-state index contributed by atoms with van der Waals surface area (Å²) in [6.07, 6.45) is 5.73. The van der Waals surface area contributed by atoms with Gasteiger partial charge >= 0.3 is 5.97 Å². The molecule has 1 fully saturated rings. The van der Waals surface area contributed by atoms with Gasteiger partial charge in [-0.25, -0.2) is 9.97 Å². The molecular formula is C12H17N3O2. The normalized spacial score (nSPS) is 14.9. The van der Waals surface area contributed by atoms with E-state index >= 15 is 0 Å². The lowest BCUT2D eigenvalue weighted by molar-refractivity contribution is -0.144. The van der Waals surface area contributed by atoms with Gasteiger partial charge in [-0.2, -0.15) is 0 Å². The summed E-state index contributed by atoms with van der Waals surface area (Å²) in [5.74, 6) is 0.582. The maximum atomic E-state index is 11.5. The van der Waals surface area contributed by atoms with Crippen molar-refractivity contribution in [3.63, 3.8) is 0 Å². The number of carbonyl (C=O) groups is 1. The molecule has 0 saturated heterocycles. The number of aromatic nitrogens is 2. The topological polar surface area (TPSA) is 55.3 Å². The van der Waals surface area contributed by atoms with Crippen molar-refractivity contribution in [2.45, 2.75) is 32.4 Å². The molecule has 17 heavy (non-hydrogen) atoms. The van der Waals surface area contributed by atoms with Crippen LogP contribution in [0.3, 0.4) is 0 Å². The SMILES string of the molecule is CCOC(=O)CN(Cc1ncccn1)C1CC1. The van der Waals surface area contributed by atoms with Gasteiger partial charge in [-0.15, -0.1) is 0 Å². The zero-order valence-corrected chi connectivity index (χ0v) is 10.0. The summed E-state index contributed by atoms with van der Waals surface area (Å²) in [5.41, 5.74) is 0. The third-order valence-corrected chi connectivity index (χ3v) is 2.66. The van der Waals surface area contributed by atoms with Crippen LogP contribution in [0.5, 0.6) is 0 Å². The first kappa shape index (κ1) is 12.0. The van der Waals surface area contributed by atoms with Gasteiger partial charge in [0.05, 0.1) is 19.7 Å². The van der Waals surface area contributed by atoms with Crippen molar-refractivity contribution >= 4 is 5.97 Å². The summed E-state index contributed by atoms with van der Waals surface area (Å²) in [5, 5.41) is 0. The minimum absolute atomic E-state index is 0.171. The summed E-state index contributed by atoms with van der Waals surface area (Å²) < 4.78 is 4.97. The number of rotatable bonds is 6. The predicted molar refractivity (Wildman–Crippen MR) is 62.1 cm³/mol. The van der Waals surface area contributed by atoms with E-state index in [2.05, 4.69) is 14.9 Å². The van der Waals surface area contributed by atoms with Crippen LogP contribution >= 0.6 is 0 Å². The molecule has 92 valence electrons. The second kappa shape index (κ2) is 5.72. The quantitative estimate of drug-likeness (QED) is 0.689. The monoisotopic (exact) mass is 235 g/mol. The number of carbonyl (C=O) groups excluding carboxylic acids is 1. The van der Waals surface area contributed by atoms with E-state index in [1.807, 2.05) is 6.92 Å². The third-order valence-electron chi connectivity index (χ3n) is 2.66. The van der Waals surface area contributed by atoms with Crippen LogP contribution in [0.25, 0.3) is 0 Å². The van der Waals surface area contributed by atoms with Gasteiger partial charge in [0, 0.05) is 18.4 Å². The molecule has 0 amide bonds. The van der Waals surface area contributed by atoms with Crippen molar-refractivity contribution in [1.82, 2.24) is 14.9 Å². The maximum absolute atomic E-state index is 11.5. The second-order valence-electron chi connectivity index (χ2n) is 4.11. The smallest absolute Gasteiger partial charge is 0.320 e. The molecule has 0 aromatic carbocycles. The van der Waals surface area contributed by atoms with Gasteiger partial charge in [0.25, 0.3) is 0 Å². The highest BCUT2D eigenvalue weighted by Crippen LogP contribution is 2.27. The van der Waals surface area contributed by atoms with Crippen molar-refractivity contribution in [2.75, 3.05) is 13.2 Å². The molecule has 1 aromatic heterocycles. The Labute approximate surface area is 101 Å². The Balaban J connectivity index is 1.91. The van der Waals surface area contributed by atoms with E-state index in [9.17, 15) is 4.79 Å². The highest BCUT2D eigenvalue weighted by atomic mass is 16.5. The minimum atomic E-state index is -0.171. The van der Waals surface area contributed by atoms with Crippen LogP contribution in [0, 0.1) is 0 Å². The molecule has 5 nitrogen and oxygen atoms in total. The van der Waals surface area contributed by atoms with Gasteiger partial charge in [0.15, 0.2) is 0 Å². The van der Waals surface area contributed by atoms with Gasteiger partial charge < -0.3 is 4.74 Å². The first-order chi connectivity index (χ1) is 8.29. The zero-order valence-electron chi connectivity index (χ0n) is 10.0. The largest absolute Gasteiger partial charge is 0.465 e. The summed E-state index contributed by atoms with van der Waals surface area (Å²) in [6, 6.07) is 2.28. The third kappa shape index (κ3) is 3.78. The average Bonchev–Trinajstić information content (AvgIpc) is 3.14. The van der Waals surface area contributed by atoms with E-state index in [1.54, 1.807) is 18.5 Å². The molecule has 0 atom stereocenters. The molecule has 1 aromatic rings. The number of nitrogens with zero attached hydrogens (tertiary/aromatic N) is 3. The molecule has 1 aliphatic carbocycles. The Morgan fingerprint density at radius 3 is 2.76 bits per heavy atom. The maximum Gasteiger partial charge on any atom is 0.320 e. The molecule has 0 unspecified atom stereocenters. The van der Waals surface area contributed by atoms with E-state index in [0.717, 1.165) is 18.7 Å². The Bertz CT molecular complexity index is 365. The second-order valence-corrected chi connectivity index (χ2v) is 4.11. The Morgan fingerprint density at radius 1 is 1.47 bits per heavy atom. The lowest BCUT2D eigenvalue weighted by Gasteiger charge is -2.19. The van der Waals surface area contributed by atoms with Crippen LogP contribution < -0.4 is 0 Å².